The van der Waals surface area contributed by atoms with Crippen LogP contribution >= 0.6 is 11.8 Å². The standard InChI is InChI=1S/C22H26N4O3S/c1-15-19(21(28)29-3)20(16-7-5-4-6-8-16)26-17(14-30-22(26)23-15)13-18(27)25-11-9-24(2)10-12-25/h4-8,14,20H,9-13H2,1-3H3. The predicted octanol–water partition coefficient (Wildman–Crippen LogP) is 2.60. The third-order valence-electron chi connectivity index (χ3n) is 5.71. The number of thioether (sulfide) groups is 1. The van der Waals surface area contributed by atoms with Crippen LogP contribution in [0.15, 0.2) is 57.7 Å². The normalized spacial score (nSPS) is 21.9. The van der Waals surface area contributed by atoms with E-state index in [4.69, 9.17) is 4.74 Å². The first-order valence-corrected chi connectivity index (χ1v) is 10.9. The molecule has 1 aromatic rings. The molecular weight excluding hydrogens is 400 g/mol. The lowest BCUT2D eigenvalue weighted by Gasteiger charge is -2.37. The van der Waals surface area contributed by atoms with Crippen LogP contribution in [-0.2, 0) is 14.3 Å². The van der Waals surface area contributed by atoms with Gasteiger partial charge < -0.3 is 19.4 Å². The second-order valence-electron chi connectivity index (χ2n) is 7.66. The van der Waals surface area contributed by atoms with Crippen molar-refractivity contribution >= 4 is 28.8 Å². The SMILES string of the molecule is COC(=O)C1=C(C)N=C2SC=C(CC(=O)N3CCN(C)CC3)N2C1c1ccccc1. The van der Waals surface area contributed by atoms with Crippen LogP contribution in [-0.4, -0.2) is 72.1 Å². The molecule has 1 fully saturated rings. The summed E-state index contributed by atoms with van der Waals surface area (Å²) in [7, 11) is 3.46. The first-order valence-electron chi connectivity index (χ1n) is 10.0. The largest absolute Gasteiger partial charge is 0.466 e. The zero-order chi connectivity index (χ0) is 21.3. The van der Waals surface area contributed by atoms with Gasteiger partial charge in [-0.1, -0.05) is 42.1 Å². The monoisotopic (exact) mass is 426 g/mol. The van der Waals surface area contributed by atoms with Crippen molar-refractivity contribution in [1.29, 1.82) is 0 Å². The lowest BCUT2D eigenvalue weighted by molar-refractivity contribution is -0.136. The minimum atomic E-state index is -0.397. The highest BCUT2D eigenvalue weighted by molar-refractivity contribution is 8.16. The number of amides is 1. The van der Waals surface area contributed by atoms with Crippen molar-refractivity contribution in [3.05, 3.63) is 58.3 Å². The van der Waals surface area contributed by atoms with E-state index in [1.54, 1.807) is 0 Å². The number of benzene rings is 1. The third-order valence-corrected chi connectivity index (χ3v) is 6.60. The Morgan fingerprint density at radius 3 is 2.53 bits per heavy atom. The van der Waals surface area contributed by atoms with Crippen LogP contribution in [0.5, 0.6) is 0 Å². The van der Waals surface area contributed by atoms with Crippen molar-refractivity contribution in [2.45, 2.75) is 19.4 Å². The third kappa shape index (κ3) is 3.89. The van der Waals surface area contributed by atoms with Crippen LogP contribution < -0.4 is 0 Å². The van der Waals surface area contributed by atoms with E-state index in [1.807, 2.05) is 52.5 Å². The van der Waals surface area contributed by atoms with Gasteiger partial charge in [-0.3, -0.25) is 4.79 Å². The van der Waals surface area contributed by atoms with E-state index in [-0.39, 0.29) is 18.4 Å². The van der Waals surface area contributed by atoms with Crippen LogP contribution in [0.1, 0.15) is 24.9 Å². The van der Waals surface area contributed by atoms with Gasteiger partial charge in [0.2, 0.25) is 5.91 Å². The van der Waals surface area contributed by atoms with Gasteiger partial charge in [-0.05, 0) is 24.9 Å². The Labute approximate surface area is 181 Å². The van der Waals surface area contributed by atoms with Gasteiger partial charge in [-0.2, -0.15) is 0 Å². The van der Waals surface area contributed by atoms with Crippen molar-refractivity contribution < 1.29 is 14.3 Å². The van der Waals surface area contributed by atoms with Gasteiger partial charge in [0.15, 0.2) is 5.17 Å². The number of aliphatic imine (C=N–C) groups is 1. The van der Waals surface area contributed by atoms with Crippen LogP contribution in [0, 0.1) is 0 Å². The van der Waals surface area contributed by atoms with E-state index in [0.717, 1.165) is 42.6 Å². The number of methoxy groups -OCH3 is 1. The van der Waals surface area contributed by atoms with Crippen molar-refractivity contribution in [3.8, 4) is 0 Å². The summed E-state index contributed by atoms with van der Waals surface area (Å²) in [5.74, 6) is -0.292. The van der Waals surface area contributed by atoms with Gasteiger partial charge in [-0.25, -0.2) is 9.79 Å². The summed E-state index contributed by atoms with van der Waals surface area (Å²) in [6.07, 6.45) is 0.284. The molecule has 4 rings (SSSR count). The van der Waals surface area contributed by atoms with E-state index in [1.165, 1.54) is 18.9 Å². The number of piperazine rings is 1. The fraction of sp³-hybridized carbons (Fsp3) is 0.409. The minimum Gasteiger partial charge on any atom is -0.466 e. The quantitative estimate of drug-likeness (QED) is 0.690. The summed E-state index contributed by atoms with van der Waals surface area (Å²) in [5, 5.41) is 2.77. The van der Waals surface area contributed by atoms with Gasteiger partial charge in [0.05, 0.1) is 30.8 Å². The van der Waals surface area contributed by atoms with Crippen LogP contribution in [0.25, 0.3) is 0 Å². The van der Waals surface area contributed by atoms with Crippen molar-refractivity contribution in [1.82, 2.24) is 14.7 Å². The smallest absolute Gasteiger partial charge is 0.338 e. The molecule has 0 spiro atoms. The summed E-state index contributed by atoms with van der Waals surface area (Å²) in [6.45, 7) is 5.09. The maximum Gasteiger partial charge on any atom is 0.338 e. The number of hydrogen-bond donors (Lipinski definition) is 0. The molecule has 0 aliphatic carbocycles. The molecule has 0 aromatic heterocycles. The first kappa shape index (κ1) is 20.7. The van der Waals surface area contributed by atoms with Crippen molar-refractivity contribution in [3.63, 3.8) is 0 Å². The second-order valence-corrected chi connectivity index (χ2v) is 8.49. The molecule has 8 heteroatoms. The molecule has 1 atom stereocenters. The Hall–Kier alpha value is -2.58. The van der Waals surface area contributed by atoms with Gasteiger partial charge in [0.1, 0.15) is 0 Å². The van der Waals surface area contributed by atoms with E-state index in [0.29, 0.717) is 11.3 Å². The Balaban J connectivity index is 1.64. The maximum absolute atomic E-state index is 13.0. The summed E-state index contributed by atoms with van der Waals surface area (Å²) < 4.78 is 5.08. The molecule has 0 bridgehead atoms. The molecule has 0 N–H and O–H groups in total. The van der Waals surface area contributed by atoms with Crippen molar-refractivity contribution in [2.75, 3.05) is 40.3 Å². The molecular formula is C22H26N4O3S. The molecule has 3 aliphatic rings. The number of carbonyl (C=O) groups is 2. The van der Waals surface area contributed by atoms with E-state index >= 15 is 0 Å². The zero-order valence-corrected chi connectivity index (χ0v) is 18.3. The molecule has 1 amide bonds. The Kier molecular flexibility index (Phi) is 5.97. The number of likely N-dealkylation sites (N-methyl/N-ethyl adjacent to an activating group) is 1. The molecule has 158 valence electrons. The summed E-state index contributed by atoms with van der Waals surface area (Å²) in [6, 6.07) is 9.47. The molecule has 1 aromatic carbocycles. The summed E-state index contributed by atoms with van der Waals surface area (Å²) >= 11 is 1.50. The lowest BCUT2D eigenvalue weighted by atomic mass is 9.94. The molecule has 3 aliphatic heterocycles. The number of carbonyl (C=O) groups excluding carboxylic acids is 2. The van der Waals surface area contributed by atoms with Crippen LogP contribution in [0.2, 0.25) is 0 Å². The summed E-state index contributed by atoms with van der Waals surface area (Å²) in [5.41, 5.74) is 2.98. The van der Waals surface area contributed by atoms with Crippen molar-refractivity contribution in [2.24, 2.45) is 4.99 Å². The molecule has 0 radical (unpaired) electrons. The summed E-state index contributed by atoms with van der Waals surface area (Å²) in [4.78, 5) is 36.5. The number of nitrogens with zero attached hydrogens (tertiary/aromatic N) is 4. The molecule has 1 unspecified atom stereocenters. The van der Waals surface area contributed by atoms with Crippen LogP contribution in [0.4, 0.5) is 0 Å². The number of ether oxygens (including phenoxy) is 1. The second kappa shape index (κ2) is 8.65. The highest BCUT2D eigenvalue weighted by atomic mass is 32.2. The number of amidine groups is 1. The maximum atomic E-state index is 13.0. The number of allylic oxidation sites excluding steroid dienone is 1. The average Bonchev–Trinajstić information content (AvgIpc) is 3.15. The molecule has 1 saturated heterocycles. The highest BCUT2D eigenvalue weighted by Crippen LogP contribution is 2.44. The zero-order valence-electron chi connectivity index (χ0n) is 17.5. The Bertz CT molecular complexity index is 933. The Morgan fingerprint density at radius 2 is 1.87 bits per heavy atom. The molecule has 0 saturated carbocycles. The van der Waals surface area contributed by atoms with Gasteiger partial charge >= 0.3 is 5.97 Å². The van der Waals surface area contributed by atoms with Gasteiger partial charge in [-0.15, -0.1) is 0 Å². The van der Waals surface area contributed by atoms with E-state index in [2.05, 4.69) is 16.9 Å². The van der Waals surface area contributed by atoms with E-state index < -0.39 is 5.97 Å². The van der Waals surface area contributed by atoms with Gasteiger partial charge in [0.25, 0.3) is 0 Å². The first-order chi connectivity index (χ1) is 14.5. The number of fused-ring (bicyclic) bond motifs is 1. The topological polar surface area (TPSA) is 65.5 Å². The van der Waals surface area contributed by atoms with Gasteiger partial charge in [0, 0.05) is 31.9 Å². The Morgan fingerprint density at radius 1 is 1.17 bits per heavy atom. The van der Waals surface area contributed by atoms with Crippen LogP contribution in [0.3, 0.4) is 0 Å². The van der Waals surface area contributed by atoms with E-state index in [9.17, 15) is 9.59 Å². The number of rotatable bonds is 4. The fourth-order valence-corrected chi connectivity index (χ4v) is 4.98. The average molecular weight is 427 g/mol. The number of esters is 1. The highest BCUT2D eigenvalue weighted by Gasteiger charge is 2.41. The fourth-order valence-electron chi connectivity index (χ4n) is 4.01. The number of hydrogen-bond acceptors (Lipinski definition) is 7. The molecule has 3 heterocycles. The predicted molar refractivity (Wildman–Crippen MR) is 118 cm³/mol. The molecule has 30 heavy (non-hydrogen) atoms. The lowest BCUT2D eigenvalue weighted by Crippen LogP contribution is -2.47. The minimum absolute atomic E-state index is 0.105. The molecule has 7 nitrogen and oxygen atoms in total.